The summed E-state index contributed by atoms with van der Waals surface area (Å²) in [4.78, 5) is 33.7. The van der Waals surface area contributed by atoms with E-state index < -0.39 is 9.84 Å². The Kier molecular flexibility index (Phi) is 7.21. The number of pyridine rings is 1. The van der Waals surface area contributed by atoms with Gasteiger partial charge < -0.3 is 24.1 Å². The Hall–Kier alpha value is -3.89. The van der Waals surface area contributed by atoms with Gasteiger partial charge in [0.15, 0.2) is 9.84 Å². The second-order valence-corrected chi connectivity index (χ2v) is 13.1. The van der Waals surface area contributed by atoms with Crippen LogP contribution in [0, 0.1) is 0 Å². The summed E-state index contributed by atoms with van der Waals surface area (Å²) in [6.07, 6.45) is 9.03. The maximum Gasteiger partial charge on any atom is 0.274 e. The number of aryl methyl sites for hydroxylation is 1. The lowest BCUT2D eigenvalue weighted by molar-refractivity contribution is 0.0644. The minimum Gasteiger partial charge on any atom is -0.457 e. The van der Waals surface area contributed by atoms with E-state index in [1.165, 1.54) is 36.6 Å². The van der Waals surface area contributed by atoms with Gasteiger partial charge in [-0.1, -0.05) is 6.07 Å². The second-order valence-electron chi connectivity index (χ2n) is 11.1. The van der Waals surface area contributed by atoms with Crippen molar-refractivity contribution in [1.29, 1.82) is 0 Å². The zero-order chi connectivity index (χ0) is 28.7. The summed E-state index contributed by atoms with van der Waals surface area (Å²) in [5.41, 5.74) is 1.95. The molecule has 2 saturated heterocycles. The zero-order valence-corrected chi connectivity index (χ0v) is 24.1. The monoisotopic (exact) mass is 574 g/mol. The lowest BCUT2D eigenvalue weighted by atomic mass is 10.0. The molecule has 1 amide bonds. The van der Waals surface area contributed by atoms with Crippen molar-refractivity contribution in [2.75, 3.05) is 32.4 Å². The molecule has 1 N–H and O–H groups in total. The summed E-state index contributed by atoms with van der Waals surface area (Å²) in [5.74, 6) is 0.857. The number of carbonyl (C=O) groups excluding carboxylic acids is 1. The number of carbonyl (C=O) groups is 1. The summed E-state index contributed by atoms with van der Waals surface area (Å²) in [5, 5.41) is 0.657. The number of likely N-dealkylation sites (tertiary alicyclic amines) is 2. The number of sulfone groups is 1. The van der Waals surface area contributed by atoms with Crippen LogP contribution in [-0.4, -0.2) is 72.2 Å². The molecule has 2 aromatic heterocycles. The number of nitrogens with one attached hydrogen (secondary N) is 1. The zero-order valence-electron chi connectivity index (χ0n) is 23.3. The van der Waals surface area contributed by atoms with Crippen LogP contribution < -0.4 is 10.3 Å². The molecule has 2 fully saturated rings. The quantitative estimate of drug-likeness (QED) is 0.365. The molecule has 0 atom stereocenters. The molecule has 9 nitrogen and oxygen atoms in total. The van der Waals surface area contributed by atoms with Crippen LogP contribution in [0.1, 0.15) is 36.0 Å². The first-order valence-corrected chi connectivity index (χ1v) is 15.9. The van der Waals surface area contributed by atoms with Gasteiger partial charge in [0.1, 0.15) is 17.0 Å². The highest BCUT2D eigenvalue weighted by atomic mass is 32.2. The molecule has 0 saturated carbocycles. The van der Waals surface area contributed by atoms with Crippen molar-refractivity contribution >= 4 is 26.6 Å². The fourth-order valence-electron chi connectivity index (χ4n) is 6.07. The minimum atomic E-state index is -3.51. The highest BCUT2D eigenvalue weighted by molar-refractivity contribution is 7.90. The van der Waals surface area contributed by atoms with Crippen molar-refractivity contribution in [2.45, 2.75) is 36.6 Å². The largest absolute Gasteiger partial charge is 0.457 e. The Morgan fingerprint density at radius 3 is 2.46 bits per heavy atom. The third-order valence-electron chi connectivity index (χ3n) is 8.28. The number of ether oxygens (including phenoxy) is 1. The molecule has 41 heavy (non-hydrogen) atoms. The van der Waals surface area contributed by atoms with Crippen molar-refractivity contribution < 1.29 is 17.9 Å². The summed E-state index contributed by atoms with van der Waals surface area (Å²) < 4.78 is 32.7. The van der Waals surface area contributed by atoms with Crippen LogP contribution in [0.15, 0.2) is 70.6 Å². The van der Waals surface area contributed by atoms with Crippen LogP contribution in [0.3, 0.4) is 0 Å². The molecule has 10 heteroatoms. The normalized spacial score (nSPS) is 16.9. The first kappa shape index (κ1) is 27.3. The fourth-order valence-corrected chi connectivity index (χ4v) is 6.71. The number of rotatable bonds is 6. The molecule has 0 radical (unpaired) electrons. The Morgan fingerprint density at radius 1 is 0.976 bits per heavy atom. The summed E-state index contributed by atoms with van der Waals surface area (Å²) in [6.45, 7) is 3.81. The molecule has 4 aromatic rings. The minimum absolute atomic E-state index is 0.0185. The average Bonchev–Trinajstić information content (AvgIpc) is 3.68. The smallest absolute Gasteiger partial charge is 0.274 e. The van der Waals surface area contributed by atoms with Crippen LogP contribution in [0.2, 0.25) is 0 Å². The van der Waals surface area contributed by atoms with Crippen LogP contribution in [0.4, 0.5) is 0 Å². The lowest BCUT2D eigenvalue weighted by Crippen LogP contribution is -2.45. The number of hydrogen-bond acceptors (Lipinski definition) is 6. The highest BCUT2D eigenvalue weighted by Crippen LogP contribution is 2.38. The van der Waals surface area contributed by atoms with Gasteiger partial charge in [-0.2, -0.15) is 0 Å². The molecule has 0 aliphatic carbocycles. The highest BCUT2D eigenvalue weighted by Gasteiger charge is 2.29. The van der Waals surface area contributed by atoms with Crippen molar-refractivity contribution in [2.24, 2.45) is 7.05 Å². The average molecular weight is 575 g/mol. The third-order valence-corrected chi connectivity index (χ3v) is 9.39. The molecular formula is C31H34N4O5S. The fraction of sp³-hybridized carbons (Fsp3) is 0.355. The molecule has 2 aromatic carbocycles. The van der Waals surface area contributed by atoms with Gasteiger partial charge >= 0.3 is 0 Å². The van der Waals surface area contributed by atoms with Gasteiger partial charge in [0.05, 0.1) is 4.90 Å². The summed E-state index contributed by atoms with van der Waals surface area (Å²) >= 11 is 0. The molecule has 2 aliphatic heterocycles. The Balaban J connectivity index is 1.30. The van der Waals surface area contributed by atoms with E-state index in [4.69, 9.17) is 4.74 Å². The molecule has 2 aliphatic rings. The molecule has 214 valence electrons. The van der Waals surface area contributed by atoms with Gasteiger partial charge in [-0.05, 0) is 81.2 Å². The number of nitrogens with zero attached hydrogens (tertiary/aromatic N) is 3. The van der Waals surface area contributed by atoms with E-state index >= 15 is 0 Å². The van der Waals surface area contributed by atoms with Gasteiger partial charge in [0, 0.05) is 66.9 Å². The van der Waals surface area contributed by atoms with E-state index in [1.807, 2.05) is 4.90 Å². The van der Waals surface area contributed by atoms with Gasteiger partial charge in [-0.25, -0.2) is 8.42 Å². The van der Waals surface area contributed by atoms with E-state index in [1.54, 1.807) is 61.9 Å². The maximum absolute atomic E-state index is 13.4. The molecule has 0 spiro atoms. The number of benzene rings is 2. The number of fused-ring (bicyclic) bond motifs is 1. The summed E-state index contributed by atoms with van der Waals surface area (Å²) in [6, 6.07) is 14.1. The first-order valence-electron chi connectivity index (χ1n) is 14.0. The second kappa shape index (κ2) is 10.8. The van der Waals surface area contributed by atoms with Crippen LogP contribution in [-0.2, 0) is 16.9 Å². The predicted molar refractivity (Wildman–Crippen MR) is 158 cm³/mol. The standard InChI is InChI=1S/C31H34N4O5S/c1-33-20-27(25-10-13-32-29(25)31(33)37)26-19-24(41(2,38)39)8-9-28(26)40-23-7-5-6-21(18-23)30(36)35-16-11-22(12-17-35)34-14-3-4-15-34/h5-10,13,18-20,22,32H,3-4,11-12,14-17H2,1-2H3. The lowest BCUT2D eigenvalue weighted by Gasteiger charge is -2.36. The van der Waals surface area contributed by atoms with E-state index in [2.05, 4.69) is 9.88 Å². The third kappa shape index (κ3) is 5.41. The Labute approximate surface area is 239 Å². The van der Waals surface area contributed by atoms with Crippen LogP contribution in [0.5, 0.6) is 11.5 Å². The Morgan fingerprint density at radius 2 is 1.73 bits per heavy atom. The molecule has 6 rings (SSSR count). The van der Waals surface area contributed by atoms with Crippen LogP contribution >= 0.6 is 0 Å². The Bertz CT molecular complexity index is 1780. The van der Waals surface area contributed by atoms with E-state index in [9.17, 15) is 18.0 Å². The number of aromatic amines is 1. The van der Waals surface area contributed by atoms with Crippen molar-refractivity contribution in [3.05, 3.63) is 76.8 Å². The molecule has 4 heterocycles. The predicted octanol–water partition coefficient (Wildman–Crippen LogP) is 4.43. The van der Waals surface area contributed by atoms with Crippen molar-refractivity contribution in [3.63, 3.8) is 0 Å². The van der Waals surface area contributed by atoms with Gasteiger partial charge in [-0.3, -0.25) is 9.59 Å². The number of aromatic nitrogens is 2. The molecular weight excluding hydrogens is 540 g/mol. The van der Waals surface area contributed by atoms with E-state index in [-0.39, 0.29) is 16.4 Å². The van der Waals surface area contributed by atoms with Gasteiger partial charge in [-0.15, -0.1) is 0 Å². The molecule has 0 unspecified atom stereocenters. The van der Waals surface area contributed by atoms with Crippen molar-refractivity contribution in [3.8, 4) is 22.6 Å². The SMILES string of the molecule is Cn1cc(-c2cc(S(C)(=O)=O)ccc2Oc2cccc(C(=O)N3CCC(N4CCCC4)CC3)c2)c2cc[nH]c2c1=O. The van der Waals surface area contributed by atoms with Gasteiger partial charge in [0.25, 0.3) is 11.5 Å². The number of piperidine rings is 1. The topological polar surface area (TPSA) is 105 Å². The van der Waals surface area contributed by atoms with Gasteiger partial charge in [0.2, 0.25) is 0 Å². The number of H-pyrrole nitrogens is 1. The van der Waals surface area contributed by atoms with Crippen molar-refractivity contribution in [1.82, 2.24) is 19.4 Å². The molecule has 0 bridgehead atoms. The van der Waals surface area contributed by atoms with Crippen LogP contribution in [0.25, 0.3) is 22.0 Å². The first-order chi connectivity index (χ1) is 19.7. The van der Waals surface area contributed by atoms with E-state index in [0.717, 1.165) is 32.2 Å². The number of hydrogen-bond donors (Lipinski definition) is 1. The van der Waals surface area contributed by atoms with E-state index in [0.29, 0.717) is 45.1 Å². The number of amides is 1. The summed E-state index contributed by atoms with van der Waals surface area (Å²) in [7, 11) is -1.86. The maximum atomic E-state index is 13.4.